The third-order valence-electron chi connectivity index (χ3n) is 3.58. The first-order valence-electron chi connectivity index (χ1n) is 6.92. The summed E-state index contributed by atoms with van der Waals surface area (Å²) in [5.41, 5.74) is 0.608. The molecule has 0 saturated heterocycles. The fraction of sp³-hybridized carbons (Fsp3) is 0.467. The van der Waals surface area contributed by atoms with E-state index in [0.29, 0.717) is 11.6 Å². The van der Waals surface area contributed by atoms with Crippen molar-refractivity contribution in [2.24, 2.45) is 0 Å². The summed E-state index contributed by atoms with van der Waals surface area (Å²) in [5, 5.41) is 12.1. The van der Waals surface area contributed by atoms with E-state index in [0.717, 1.165) is 24.2 Å². The van der Waals surface area contributed by atoms with Crippen LogP contribution in [0.2, 0.25) is 0 Å². The molecule has 1 amide bonds. The number of imidazole rings is 1. The second-order valence-electron chi connectivity index (χ2n) is 6.04. The lowest BCUT2D eigenvalue weighted by Gasteiger charge is -2.22. The molecule has 5 heteroatoms. The van der Waals surface area contributed by atoms with Gasteiger partial charge in [0, 0.05) is 12.1 Å². The molecule has 2 heterocycles. The highest BCUT2D eigenvalue weighted by Crippen LogP contribution is 2.39. The van der Waals surface area contributed by atoms with Gasteiger partial charge in [-0.3, -0.25) is 4.79 Å². The average molecular weight is 273 g/mol. The predicted molar refractivity (Wildman–Crippen MR) is 75.8 cm³/mol. The van der Waals surface area contributed by atoms with Crippen LogP contribution in [0, 0.1) is 0 Å². The Bertz CT molecular complexity index is 656. The first-order chi connectivity index (χ1) is 9.52. The second kappa shape index (κ2) is 4.59. The van der Waals surface area contributed by atoms with Crippen LogP contribution in [0.1, 0.15) is 48.9 Å². The number of pyridine rings is 1. The Labute approximate surface area is 117 Å². The van der Waals surface area contributed by atoms with E-state index < -0.39 is 5.54 Å². The van der Waals surface area contributed by atoms with Crippen molar-refractivity contribution in [1.82, 2.24) is 14.7 Å². The zero-order valence-corrected chi connectivity index (χ0v) is 11.8. The summed E-state index contributed by atoms with van der Waals surface area (Å²) >= 11 is 0. The number of nitrogens with one attached hydrogen (secondary N) is 1. The summed E-state index contributed by atoms with van der Waals surface area (Å²) < 4.78 is 2.00. The highest BCUT2D eigenvalue weighted by atomic mass is 16.3. The van der Waals surface area contributed by atoms with Crippen molar-refractivity contribution in [3.8, 4) is 0 Å². The Morgan fingerprint density at radius 1 is 1.50 bits per heavy atom. The van der Waals surface area contributed by atoms with Crippen LogP contribution < -0.4 is 5.32 Å². The third-order valence-corrected chi connectivity index (χ3v) is 3.58. The molecule has 2 N–H and O–H groups in total. The van der Waals surface area contributed by atoms with E-state index in [2.05, 4.69) is 10.3 Å². The van der Waals surface area contributed by atoms with E-state index in [-0.39, 0.29) is 12.5 Å². The number of aromatic nitrogens is 2. The number of fused-ring (bicyclic) bond motifs is 1. The number of amides is 1. The van der Waals surface area contributed by atoms with E-state index in [1.54, 1.807) is 13.8 Å². The van der Waals surface area contributed by atoms with E-state index in [1.807, 2.05) is 28.8 Å². The van der Waals surface area contributed by atoms with Crippen LogP contribution in [0.25, 0.3) is 5.52 Å². The number of aliphatic hydroxyl groups is 1. The summed E-state index contributed by atoms with van der Waals surface area (Å²) in [5.74, 6) is 1.20. The summed E-state index contributed by atoms with van der Waals surface area (Å²) in [7, 11) is 0. The minimum Gasteiger partial charge on any atom is -0.394 e. The van der Waals surface area contributed by atoms with Crippen LogP contribution in [0.5, 0.6) is 0 Å². The molecule has 5 nitrogen and oxygen atoms in total. The monoisotopic (exact) mass is 273 g/mol. The molecule has 0 aliphatic heterocycles. The van der Waals surface area contributed by atoms with Crippen LogP contribution >= 0.6 is 0 Å². The molecule has 0 unspecified atom stereocenters. The number of aliphatic hydroxyl groups excluding tert-OH is 1. The van der Waals surface area contributed by atoms with Crippen molar-refractivity contribution in [3.63, 3.8) is 0 Å². The van der Waals surface area contributed by atoms with Gasteiger partial charge in [-0.15, -0.1) is 0 Å². The molecule has 3 rings (SSSR count). The maximum Gasteiger partial charge on any atom is 0.272 e. The number of hydrogen-bond acceptors (Lipinski definition) is 3. The summed E-state index contributed by atoms with van der Waals surface area (Å²) in [6.45, 7) is 3.45. The van der Waals surface area contributed by atoms with Crippen molar-refractivity contribution in [2.75, 3.05) is 6.61 Å². The zero-order chi connectivity index (χ0) is 14.3. The van der Waals surface area contributed by atoms with Gasteiger partial charge in [-0.2, -0.15) is 0 Å². The van der Waals surface area contributed by atoms with Gasteiger partial charge in [0.25, 0.3) is 5.91 Å². The molecule has 0 atom stereocenters. The SMILES string of the molecule is CC(C)(CO)NC(=O)c1nc(C2CC2)n2ccccc12. The van der Waals surface area contributed by atoms with E-state index >= 15 is 0 Å². The molecule has 2 aromatic heterocycles. The molecule has 1 fully saturated rings. The highest BCUT2D eigenvalue weighted by molar-refractivity contribution is 5.99. The van der Waals surface area contributed by atoms with Crippen LogP contribution in [0.4, 0.5) is 0 Å². The minimum absolute atomic E-state index is 0.111. The fourth-order valence-corrected chi connectivity index (χ4v) is 2.26. The van der Waals surface area contributed by atoms with Gasteiger partial charge >= 0.3 is 0 Å². The number of nitrogens with zero attached hydrogens (tertiary/aromatic N) is 2. The lowest BCUT2D eigenvalue weighted by Crippen LogP contribution is -2.46. The molecule has 0 bridgehead atoms. The minimum atomic E-state index is -0.651. The molecule has 106 valence electrons. The molecular formula is C15H19N3O2. The van der Waals surface area contributed by atoms with Crippen LogP contribution in [0.3, 0.4) is 0 Å². The van der Waals surface area contributed by atoms with Gasteiger partial charge in [0.15, 0.2) is 5.69 Å². The van der Waals surface area contributed by atoms with Gasteiger partial charge in [-0.05, 0) is 38.8 Å². The average Bonchev–Trinajstić information content (AvgIpc) is 3.19. The van der Waals surface area contributed by atoms with Crippen LogP contribution in [-0.2, 0) is 0 Å². The molecule has 1 aliphatic carbocycles. The number of carbonyl (C=O) groups is 1. The Hall–Kier alpha value is -1.88. The van der Waals surface area contributed by atoms with Gasteiger partial charge < -0.3 is 14.8 Å². The van der Waals surface area contributed by atoms with Gasteiger partial charge in [-0.1, -0.05) is 6.07 Å². The van der Waals surface area contributed by atoms with Crippen molar-refractivity contribution < 1.29 is 9.90 Å². The Balaban J connectivity index is 2.01. The molecule has 20 heavy (non-hydrogen) atoms. The highest BCUT2D eigenvalue weighted by Gasteiger charge is 2.31. The molecule has 0 spiro atoms. The largest absolute Gasteiger partial charge is 0.394 e. The van der Waals surface area contributed by atoms with Gasteiger partial charge in [-0.25, -0.2) is 4.98 Å². The predicted octanol–water partition coefficient (Wildman–Crippen LogP) is 1.71. The first kappa shape index (κ1) is 13.1. The molecule has 2 aromatic rings. The first-order valence-corrected chi connectivity index (χ1v) is 6.92. The maximum atomic E-state index is 12.4. The van der Waals surface area contributed by atoms with Gasteiger partial charge in [0.05, 0.1) is 17.7 Å². The van der Waals surface area contributed by atoms with E-state index in [4.69, 9.17) is 0 Å². The third kappa shape index (κ3) is 2.29. The van der Waals surface area contributed by atoms with Crippen molar-refractivity contribution in [1.29, 1.82) is 0 Å². The van der Waals surface area contributed by atoms with Crippen molar-refractivity contribution >= 4 is 11.4 Å². The molecule has 1 aliphatic rings. The Morgan fingerprint density at radius 2 is 2.25 bits per heavy atom. The zero-order valence-electron chi connectivity index (χ0n) is 11.8. The Kier molecular flexibility index (Phi) is 3.01. The number of hydrogen-bond donors (Lipinski definition) is 2. The van der Waals surface area contributed by atoms with Gasteiger partial charge in [0.2, 0.25) is 0 Å². The van der Waals surface area contributed by atoms with Crippen molar-refractivity contribution in [2.45, 2.75) is 38.1 Å². The second-order valence-corrected chi connectivity index (χ2v) is 6.04. The molecule has 0 aromatic carbocycles. The lowest BCUT2D eigenvalue weighted by atomic mass is 10.1. The Morgan fingerprint density at radius 3 is 2.90 bits per heavy atom. The normalized spacial score (nSPS) is 15.6. The smallest absolute Gasteiger partial charge is 0.272 e. The molecule has 1 saturated carbocycles. The standard InChI is InChI=1S/C15H19N3O2/c1-15(2,9-19)17-14(20)12-11-5-3-4-8-18(11)13(16-12)10-6-7-10/h3-5,8,10,19H,6-7,9H2,1-2H3,(H,17,20). The van der Waals surface area contributed by atoms with Crippen LogP contribution in [0.15, 0.2) is 24.4 Å². The quantitative estimate of drug-likeness (QED) is 0.891. The molecular weight excluding hydrogens is 254 g/mol. The summed E-state index contributed by atoms with van der Waals surface area (Å²) in [4.78, 5) is 16.9. The van der Waals surface area contributed by atoms with E-state index in [9.17, 15) is 9.90 Å². The summed E-state index contributed by atoms with van der Waals surface area (Å²) in [6, 6.07) is 5.75. The lowest BCUT2D eigenvalue weighted by molar-refractivity contribution is 0.0866. The van der Waals surface area contributed by atoms with E-state index in [1.165, 1.54) is 0 Å². The number of rotatable bonds is 4. The topological polar surface area (TPSA) is 66.6 Å². The fourth-order valence-electron chi connectivity index (χ4n) is 2.26. The van der Waals surface area contributed by atoms with Crippen LogP contribution in [-0.4, -0.2) is 32.5 Å². The van der Waals surface area contributed by atoms with Crippen molar-refractivity contribution in [3.05, 3.63) is 35.9 Å². The summed E-state index contributed by atoms with van der Waals surface area (Å²) in [6.07, 6.45) is 4.22. The number of carbonyl (C=O) groups excluding carboxylic acids is 1. The maximum absolute atomic E-state index is 12.4. The molecule has 0 radical (unpaired) electrons. The van der Waals surface area contributed by atoms with Gasteiger partial charge in [0.1, 0.15) is 5.82 Å².